The second-order valence-corrected chi connectivity index (χ2v) is 6.15. The maximum absolute atomic E-state index is 12.4. The van der Waals surface area contributed by atoms with Crippen molar-refractivity contribution >= 4 is 23.2 Å². The molecule has 6 heteroatoms. The number of anilines is 2. The minimum absolute atomic E-state index is 0.0185. The molecule has 1 heterocycles. The topological polar surface area (TPSA) is 82.4 Å². The van der Waals surface area contributed by atoms with Crippen LogP contribution in [0.15, 0.2) is 42.5 Å². The lowest BCUT2D eigenvalue weighted by atomic mass is 10.1. The van der Waals surface area contributed by atoms with Crippen molar-refractivity contribution in [1.82, 2.24) is 0 Å². The number of ether oxygens (including phenoxy) is 1. The van der Waals surface area contributed by atoms with Crippen molar-refractivity contribution in [3.8, 4) is 11.8 Å². The Morgan fingerprint density at radius 2 is 1.96 bits per heavy atom. The Morgan fingerprint density at radius 1 is 1.23 bits per heavy atom. The molecular formula is C20H19N3O3. The van der Waals surface area contributed by atoms with Crippen molar-refractivity contribution in [1.29, 1.82) is 5.26 Å². The zero-order chi connectivity index (χ0) is 18.7. The number of rotatable bonds is 4. The summed E-state index contributed by atoms with van der Waals surface area (Å²) in [5, 5.41) is 11.6. The summed E-state index contributed by atoms with van der Waals surface area (Å²) in [5.74, 6) is 0.276. The van der Waals surface area contributed by atoms with Gasteiger partial charge in [-0.05, 0) is 61.4 Å². The summed E-state index contributed by atoms with van der Waals surface area (Å²) in [6.45, 7) is 3.88. The minimum Gasteiger partial charge on any atom is -0.481 e. The number of carbonyl (C=O) groups is 2. The first-order valence-electron chi connectivity index (χ1n) is 8.36. The van der Waals surface area contributed by atoms with Crippen molar-refractivity contribution < 1.29 is 14.3 Å². The van der Waals surface area contributed by atoms with Crippen LogP contribution in [-0.4, -0.2) is 24.5 Å². The number of nitrogens with zero attached hydrogens (tertiary/aromatic N) is 2. The molecule has 0 aromatic heterocycles. The lowest BCUT2D eigenvalue weighted by Gasteiger charge is -2.17. The van der Waals surface area contributed by atoms with Gasteiger partial charge in [-0.15, -0.1) is 0 Å². The van der Waals surface area contributed by atoms with Crippen molar-refractivity contribution in [3.63, 3.8) is 0 Å². The maximum Gasteiger partial charge on any atom is 0.265 e. The van der Waals surface area contributed by atoms with Crippen LogP contribution in [0.1, 0.15) is 25.0 Å². The molecular weight excluding hydrogens is 330 g/mol. The molecule has 132 valence electrons. The number of nitrogens with one attached hydrogen (secondary N) is 1. The maximum atomic E-state index is 12.4. The van der Waals surface area contributed by atoms with Gasteiger partial charge in [0.05, 0.1) is 11.6 Å². The third-order valence-electron chi connectivity index (χ3n) is 4.29. The molecule has 26 heavy (non-hydrogen) atoms. The van der Waals surface area contributed by atoms with E-state index >= 15 is 0 Å². The van der Waals surface area contributed by atoms with Crippen LogP contribution in [0, 0.1) is 11.3 Å². The fraction of sp³-hybridized carbons (Fsp3) is 0.250. The predicted molar refractivity (Wildman–Crippen MR) is 98.0 cm³/mol. The molecule has 2 aromatic carbocycles. The Balaban J connectivity index is 1.64. The van der Waals surface area contributed by atoms with Gasteiger partial charge in [0.1, 0.15) is 5.75 Å². The van der Waals surface area contributed by atoms with Crippen molar-refractivity contribution in [2.45, 2.75) is 26.4 Å². The number of carbonyl (C=O) groups excluding carboxylic acids is 2. The van der Waals surface area contributed by atoms with Crippen LogP contribution in [0.5, 0.6) is 5.75 Å². The van der Waals surface area contributed by atoms with Crippen LogP contribution < -0.4 is 15.0 Å². The lowest BCUT2D eigenvalue weighted by Crippen LogP contribution is -2.30. The average Bonchev–Trinajstić information content (AvgIpc) is 3.05. The van der Waals surface area contributed by atoms with E-state index in [4.69, 9.17) is 10.00 Å². The Bertz CT molecular complexity index is 884. The van der Waals surface area contributed by atoms with Crippen molar-refractivity contribution in [2.75, 3.05) is 16.8 Å². The number of hydrogen-bond acceptors (Lipinski definition) is 4. The molecule has 3 rings (SSSR count). The second-order valence-electron chi connectivity index (χ2n) is 6.15. The van der Waals surface area contributed by atoms with E-state index in [-0.39, 0.29) is 11.8 Å². The number of hydrogen-bond donors (Lipinski definition) is 1. The molecule has 0 saturated carbocycles. The largest absolute Gasteiger partial charge is 0.481 e. The average molecular weight is 349 g/mol. The van der Waals surface area contributed by atoms with E-state index in [0.29, 0.717) is 23.5 Å². The van der Waals surface area contributed by atoms with E-state index in [2.05, 4.69) is 5.32 Å². The van der Waals surface area contributed by atoms with Crippen LogP contribution in [0.2, 0.25) is 0 Å². The van der Waals surface area contributed by atoms with Gasteiger partial charge in [0.25, 0.3) is 5.91 Å². The quantitative estimate of drug-likeness (QED) is 0.920. The molecule has 0 bridgehead atoms. The Hall–Kier alpha value is -3.33. The molecule has 0 radical (unpaired) electrons. The van der Waals surface area contributed by atoms with Gasteiger partial charge in [0.2, 0.25) is 5.91 Å². The molecule has 0 saturated heterocycles. The number of nitriles is 1. The normalized spacial score (nSPS) is 13.5. The summed E-state index contributed by atoms with van der Waals surface area (Å²) in [6.07, 6.45) is 0.0838. The highest BCUT2D eigenvalue weighted by Crippen LogP contribution is 2.30. The van der Waals surface area contributed by atoms with Crippen LogP contribution in [0.3, 0.4) is 0 Å². The highest BCUT2D eigenvalue weighted by Gasteiger charge is 2.23. The SMILES string of the molecule is CC(=O)N1CCc2cc(NC(=O)[C@@H](C)Oc3ccc(C#N)cc3)ccc21. The third-order valence-corrected chi connectivity index (χ3v) is 4.29. The van der Waals surface area contributed by atoms with Gasteiger partial charge in [-0.25, -0.2) is 0 Å². The summed E-state index contributed by atoms with van der Waals surface area (Å²) in [6, 6.07) is 14.2. The molecule has 0 fully saturated rings. The smallest absolute Gasteiger partial charge is 0.265 e. The molecule has 2 amide bonds. The van der Waals surface area contributed by atoms with Crippen LogP contribution in [0.4, 0.5) is 11.4 Å². The Labute approximate surface area is 152 Å². The highest BCUT2D eigenvalue weighted by molar-refractivity contribution is 5.96. The first-order valence-corrected chi connectivity index (χ1v) is 8.36. The summed E-state index contributed by atoms with van der Waals surface area (Å²) in [4.78, 5) is 25.7. The monoisotopic (exact) mass is 349 g/mol. The molecule has 2 aromatic rings. The first kappa shape index (κ1) is 17.5. The fourth-order valence-corrected chi connectivity index (χ4v) is 2.92. The van der Waals surface area contributed by atoms with Gasteiger partial charge in [-0.3, -0.25) is 9.59 Å². The van der Waals surface area contributed by atoms with Gasteiger partial charge >= 0.3 is 0 Å². The standard InChI is InChI=1S/C20H19N3O3/c1-13(26-18-6-3-15(12-21)4-7-18)20(25)22-17-5-8-19-16(11-17)9-10-23(19)14(2)24/h3-8,11,13H,9-10H2,1-2H3,(H,22,25)/t13-/m1/s1. The van der Waals surface area contributed by atoms with E-state index in [9.17, 15) is 9.59 Å². The highest BCUT2D eigenvalue weighted by atomic mass is 16.5. The van der Waals surface area contributed by atoms with Crippen LogP contribution in [0.25, 0.3) is 0 Å². The number of amides is 2. The molecule has 1 aliphatic rings. The van der Waals surface area contributed by atoms with Gasteiger partial charge in [-0.2, -0.15) is 5.26 Å². The number of benzene rings is 2. The second kappa shape index (κ2) is 7.28. The van der Waals surface area contributed by atoms with E-state index in [1.807, 2.05) is 18.2 Å². The summed E-state index contributed by atoms with van der Waals surface area (Å²) in [5.41, 5.74) is 3.15. The molecule has 1 N–H and O–H groups in total. The Kier molecular flexibility index (Phi) is 4.90. The fourth-order valence-electron chi connectivity index (χ4n) is 2.92. The molecule has 1 aliphatic heterocycles. The third kappa shape index (κ3) is 3.67. The van der Waals surface area contributed by atoms with E-state index in [1.165, 1.54) is 0 Å². The predicted octanol–water partition coefficient (Wildman–Crippen LogP) is 2.87. The van der Waals surface area contributed by atoms with Crippen LogP contribution >= 0.6 is 0 Å². The first-order chi connectivity index (χ1) is 12.5. The van der Waals surface area contributed by atoms with Crippen molar-refractivity contribution in [2.24, 2.45) is 0 Å². The van der Waals surface area contributed by atoms with E-state index in [0.717, 1.165) is 17.7 Å². The Morgan fingerprint density at radius 3 is 2.62 bits per heavy atom. The molecule has 0 unspecified atom stereocenters. The van der Waals surface area contributed by atoms with Gasteiger partial charge in [0, 0.05) is 24.8 Å². The van der Waals surface area contributed by atoms with E-state index < -0.39 is 6.10 Å². The van der Waals surface area contributed by atoms with Gasteiger partial charge < -0.3 is 15.0 Å². The molecule has 0 spiro atoms. The zero-order valence-corrected chi connectivity index (χ0v) is 14.7. The van der Waals surface area contributed by atoms with E-state index in [1.54, 1.807) is 49.1 Å². The summed E-state index contributed by atoms with van der Waals surface area (Å²) >= 11 is 0. The summed E-state index contributed by atoms with van der Waals surface area (Å²) in [7, 11) is 0. The zero-order valence-electron chi connectivity index (χ0n) is 14.7. The minimum atomic E-state index is -0.690. The van der Waals surface area contributed by atoms with Gasteiger partial charge in [0.15, 0.2) is 6.10 Å². The molecule has 0 aliphatic carbocycles. The van der Waals surface area contributed by atoms with Crippen LogP contribution in [-0.2, 0) is 16.0 Å². The van der Waals surface area contributed by atoms with Gasteiger partial charge in [-0.1, -0.05) is 0 Å². The molecule has 1 atom stereocenters. The summed E-state index contributed by atoms with van der Waals surface area (Å²) < 4.78 is 5.61. The lowest BCUT2D eigenvalue weighted by molar-refractivity contribution is -0.122. The van der Waals surface area contributed by atoms with Crippen molar-refractivity contribution in [3.05, 3.63) is 53.6 Å². The molecule has 6 nitrogen and oxygen atoms in total. The number of fused-ring (bicyclic) bond motifs is 1.